The van der Waals surface area contributed by atoms with E-state index >= 15 is 0 Å². The number of ether oxygens (including phenoxy) is 2. The van der Waals surface area contributed by atoms with Crippen LogP contribution in [0.3, 0.4) is 0 Å². The van der Waals surface area contributed by atoms with Crippen LogP contribution in [0.4, 0.5) is 0 Å². The van der Waals surface area contributed by atoms with Crippen molar-refractivity contribution in [1.29, 1.82) is 0 Å². The van der Waals surface area contributed by atoms with Crippen LogP contribution >= 0.6 is 22.6 Å². The second kappa shape index (κ2) is 8.49. The number of unbranched alkanes of at least 4 members (excludes halogenated alkanes) is 2. The van der Waals surface area contributed by atoms with Crippen molar-refractivity contribution in [2.45, 2.75) is 52.1 Å². The molecule has 0 atom stereocenters. The zero-order chi connectivity index (χ0) is 15.0. The number of rotatable bonds is 7. The summed E-state index contributed by atoms with van der Waals surface area (Å²) in [7, 11) is 0. The van der Waals surface area contributed by atoms with Gasteiger partial charge in [-0.2, -0.15) is 0 Å². The zero-order valence-electron chi connectivity index (χ0n) is 12.4. The molecule has 20 heavy (non-hydrogen) atoms. The highest BCUT2D eigenvalue weighted by Gasteiger charge is 2.15. The van der Waals surface area contributed by atoms with Crippen LogP contribution in [0, 0.1) is 3.57 Å². The largest absolute Gasteiger partial charge is 0.494 e. The molecule has 0 heterocycles. The number of benzene rings is 1. The molecule has 0 spiro atoms. The van der Waals surface area contributed by atoms with Crippen molar-refractivity contribution in [1.82, 2.24) is 0 Å². The van der Waals surface area contributed by atoms with Gasteiger partial charge in [-0.15, -0.1) is 0 Å². The van der Waals surface area contributed by atoms with Gasteiger partial charge in [0.05, 0.1) is 6.61 Å². The first-order valence-corrected chi connectivity index (χ1v) is 8.05. The fraction of sp³-hybridized carbons (Fsp3) is 0.562. The third-order valence-electron chi connectivity index (χ3n) is 2.53. The predicted octanol–water partition coefficient (Wildman–Crippen LogP) is 4.57. The highest BCUT2D eigenvalue weighted by Crippen LogP contribution is 2.14. The minimum absolute atomic E-state index is 0.115. The first-order chi connectivity index (χ1) is 9.37. The molecule has 112 valence electrons. The van der Waals surface area contributed by atoms with Gasteiger partial charge >= 0.3 is 5.97 Å². The quantitative estimate of drug-likeness (QED) is 0.389. The highest BCUT2D eigenvalue weighted by molar-refractivity contribution is 14.1. The third kappa shape index (κ3) is 8.40. The topological polar surface area (TPSA) is 35.5 Å². The Labute approximate surface area is 135 Å². The van der Waals surface area contributed by atoms with Crippen molar-refractivity contribution in [2.75, 3.05) is 6.61 Å². The molecule has 0 aliphatic carbocycles. The van der Waals surface area contributed by atoms with Crippen molar-refractivity contribution < 1.29 is 14.3 Å². The Morgan fingerprint density at radius 3 is 2.35 bits per heavy atom. The van der Waals surface area contributed by atoms with Crippen molar-refractivity contribution >= 4 is 28.6 Å². The molecule has 0 aromatic heterocycles. The lowest BCUT2D eigenvalue weighted by Crippen LogP contribution is -2.23. The van der Waals surface area contributed by atoms with E-state index in [0.29, 0.717) is 13.0 Å². The summed E-state index contributed by atoms with van der Waals surface area (Å²) < 4.78 is 12.1. The molecule has 3 nitrogen and oxygen atoms in total. The average molecular weight is 390 g/mol. The molecule has 0 bridgehead atoms. The minimum atomic E-state index is -0.384. The minimum Gasteiger partial charge on any atom is -0.494 e. The summed E-state index contributed by atoms with van der Waals surface area (Å²) in [5.74, 6) is 0.786. The molecule has 0 aliphatic rings. The Hall–Kier alpha value is -0.780. The summed E-state index contributed by atoms with van der Waals surface area (Å²) in [6.45, 7) is 6.36. The van der Waals surface area contributed by atoms with Crippen LogP contribution in [0.15, 0.2) is 24.3 Å². The second-order valence-electron chi connectivity index (χ2n) is 5.70. The van der Waals surface area contributed by atoms with Crippen LogP contribution in [0.2, 0.25) is 0 Å². The van der Waals surface area contributed by atoms with Gasteiger partial charge in [-0.3, -0.25) is 4.79 Å². The molecule has 0 radical (unpaired) electrons. The average Bonchev–Trinajstić information content (AvgIpc) is 2.33. The summed E-state index contributed by atoms with van der Waals surface area (Å²) >= 11 is 2.27. The van der Waals surface area contributed by atoms with E-state index in [4.69, 9.17) is 9.47 Å². The smallest absolute Gasteiger partial charge is 0.306 e. The van der Waals surface area contributed by atoms with E-state index < -0.39 is 0 Å². The summed E-state index contributed by atoms with van der Waals surface area (Å²) in [5.41, 5.74) is -0.384. The SMILES string of the molecule is CC(C)(C)OC(=O)CCCCCOc1ccc(I)cc1. The highest BCUT2D eigenvalue weighted by atomic mass is 127. The molecule has 1 rings (SSSR count). The molecule has 0 amide bonds. The lowest BCUT2D eigenvalue weighted by atomic mass is 10.1. The standard InChI is InChI=1S/C16H23IO3/c1-16(2,3)20-15(18)7-5-4-6-12-19-14-10-8-13(17)9-11-14/h8-11H,4-7,12H2,1-3H3. The van der Waals surface area contributed by atoms with E-state index in [2.05, 4.69) is 22.6 Å². The van der Waals surface area contributed by atoms with E-state index in [-0.39, 0.29) is 11.6 Å². The Morgan fingerprint density at radius 1 is 1.10 bits per heavy atom. The second-order valence-corrected chi connectivity index (χ2v) is 6.95. The lowest BCUT2D eigenvalue weighted by Gasteiger charge is -2.19. The Balaban J connectivity index is 2.05. The van der Waals surface area contributed by atoms with Gasteiger partial charge in [0.2, 0.25) is 0 Å². The number of carbonyl (C=O) groups excluding carboxylic acids is 1. The zero-order valence-corrected chi connectivity index (χ0v) is 14.6. The van der Waals surface area contributed by atoms with Gasteiger partial charge in [0, 0.05) is 9.99 Å². The maximum atomic E-state index is 11.5. The molecule has 0 fully saturated rings. The Morgan fingerprint density at radius 2 is 1.75 bits per heavy atom. The van der Waals surface area contributed by atoms with E-state index in [1.807, 2.05) is 45.0 Å². The maximum Gasteiger partial charge on any atom is 0.306 e. The first kappa shape index (κ1) is 17.3. The van der Waals surface area contributed by atoms with Gasteiger partial charge in [0.1, 0.15) is 11.4 Å². The van der Waals surface area contributed by atoms with Gasteiger partial charge in [0.25, 0.3) is 0 Å². The molecule has 1 aromatic rings. The summed E-state index contributed by atoms with van der Waals surface area (Å²) in [6, 6.07) is 8.00. The Kier molecular flexibility index (Phi) is 7.34. The van der Waals surface area contributed by atoms with Crippen molar-refractivity contribution in [3.8, 4) is 5.75 Å². The summed E-state index contributed by atoms with van der Waals surface area (Å²) in [5, 5.41) is 0. The van der Waals surface area contributed by atoms with E-state index in [1.165, 1.54) is 3.57 Å². The molecular formula is C16H23IO3. The third-order valence-corrected chi connectivity index (χ3v) is 3.25. The summed E-state index contributed by atoms with van der Waals surface area (Å²) in [6.07, 6.45) is 3.27. The number of carbonyl (C=O) groups is 1. The fourth-order valence-electron chi connectivity index (χ4n) is 1.66. The van der Waals surface area contributed by atoms with E-state index in [1.54, 1.807) is 0 Å². The van der Waals surface area contributed by atoms with Crippen LogP contribution in [0.1, 0.15) is 46.5 Å². The number of hydrogen-bond donors (Lipinski definition) is 0. The molecule has 0 saturated carbocycles. The van der Waals surface area contributed by atoms with Gasteiger partial charge < -0.3 is 9.47 Å². The van der Waals surface area contributed by atoms with Crippen molar-refractivity contribution in [3.63, 3.8) is 0 Å². The van der Waals surface area contributed by atoms with Gasteiger partial charge in [-0.1, -0.05) is 0 Å². The van der Waals surface area contributed by atoms with Gasteiger partial charge in [0.15, 0.2) is 0 Å². The summed E-state index contributed by atoms with van der Waals surface area (Å²) in [4.78, 5) is 11.5. The van der Waals surface area contributed by atoms with Crippen LogP contribution in [-0.2, 0) is 9.53 Å². The predicted molar refractivity (Wildman–Crippen MR) is 89.0 cm³/mol. The van der Waals surface area contributed by atoms with Crippen LogP contribution in [0.25, 0.3) is 0 Å². The normalized spacial score (nSPS) is 11.2. The monoisotopic (exact) mass is 390 g/mol. The van der Waals surface area contributed by atoms with E-state index in [0.717, 1.165) is 25.0 Å². The molecule has 0 aliphatic heterocycles. The van der Waals surface area contributed by atoms with Crippen molar-refractivity contribution in [2.24, 2.45) is 0 Å². The van der Waals surface area contributed by atoms with Gasteiger partial charge in [-0.05, 0) is 86.9 Å². The molecule has 1 aromatic carbocycles. The van der Waals surface area contributed by atoms with Gasteiger partial charge in [-0.25, -0.2) is 0 Å². The molecule has 0 saturated heterocycles. The number of esters is 1. The maximum absolute atomic E-state index is 11.5. The number of halogens is 1. The Bertz CT molecular complexity index is 407. The van der Waals surface area contributed by atoms with Crippen molar-refractivity contribution in [3.05, 3.63) is 27.8 Å². The lowest BCUT2D eigenvalue weighted by molar-refractivity contribution is -0.154. The first-order valence-electron chi connectivity index (χ1n) is 6.97. The fourth-order valence-corrected chi connectivity index (χ4v) is 2.02. The van der Waals surface area contributed by atoms with Crippen LogP contribution < -0.4 is 4.74 Å². The number of hydrogen-bond acceptors (Lipinski definition) is 3. The van der Waals surface area contributed by atoms with E-state index in [9.17, 15) is 4.79 Å². The van der Waals surface area contributed by atoms with Crippen LogP contribution in [-0.4, -0.2) is 18.2 Å². The molecule has 4 heteroatoms. The molecule has 0 N–H and O–H groups in total. The van der Waals surface area contributed by atoms with Crippen LogP contribution in [0.5, 0.6) is 5.75 Å². The molecule has 0 unspecified atom stereocenters. The molecular weight excluding hydrogens is 367 g/mol.